The van der Waals surface area contributed by atoms with Gasteiger partial charge in [-0.2, -0.15) is 0 Å². The summed E-state index contributed by atoms with van der Waals surface area (Å²) < 4.78 is 0. The maximum atomic E-state index is 5.71. The molecule has 2 nitrogen and oxygen atoms in total. The highest BCUT2D eigenvalue weighted by atomic mass is 15.2. The molecule has 0 aromatic carbocycles. The van der Waals surface area contributed by atoms with Crippen LogP contribution in [0.3, 0.4) is 0 Å². The molecule has 0 bridgehead atoms. The molecule has 1 rings (SSSR count). The topological polar surface area (TPSA) is 29.3 Å². The van der Waals surface area contributed by atoms with Gasteiger partial charge in [-0.15, -0.1) is 0 Å². The Bertz CT molecular complexity index is 147. The molecule has 0 aromatic heterocycles. The molecule has 14 heavy (non-hydrogen) atoms. The lowest BCUT2D eigenvalue weighted by molar-refractivity contribution is 0.218. The Morgan fingerprint density at radius 2 is 2.14 bits per heavy atom. The van der Waals surface area contributed by atoms with Crippen molar-refractivity contribution in [3.05, 3.63) is 0 Å². The second-order valence-electron chi connectivity index (χ2n) is 4.71. The summed E-state index contributed by atoms with van der Waals surface area (Å²) >= 11 is 0. The molecule has 0 spiro atoms. The van der Waals surface area contributed by atoms with Gasteiger partial charge in [-0.1, -0.05) is 19.8 Å². The van der Waals surface area contributed by atoms with Gasteiger partial charge in [0.15, 0.2) is 0 Å². The molecule has 1 aliphatic heterocycles. The fourth-order valence-corrected chi connectivity index (χ4v) is 2.47. The number of hydrogen-bond donors (Lipinski definition) is 1. The third-order valence-corrected chi connectivity index (χ3v) is 3.54. The summed E-state index contributed by atoms with van der Waals surface area (Å²) in [6.07, 6.45) is 6.96. The molecule has 2 heteroatoms. The zero-order chi connectivity index (χ0) is 10.4. The molecular formula is C12H26N2. The smallest absolute Gasteiger partial charge is 0.0190 e. The van der Waals surface area contributed by atoms with Crippen LogP contribution in [0.4, 0.5) is 0 Å². The molecule has 1 saturated heterocycles. The van der Waals surface area contributed by atoms with Crippen LogP contribution < -0.4 is 5.73 Å². The van der Waals surface area contributed by atoms with E-state index in [9.17, 15) is 0 Å². The zero-order valence-electron chi connectivity index (χ0n) is 9.84. The highest BCUT2D eigenvalue weighted by Gasteiger charge is 2.18. The van der Waals surface area contributed by atoms with E-state index in [-0.39, 0.29) is 0 Å². The highest BCUT2D eigenvalue weighted by Crippen LogP contribution is 2.22. The first-order valence-electron chi connectivity index (χ1n) is 6.22. The van der Waals surface area contributed by atoms with Crippen molar-refractivity contribution in [2.75, 3.05) is 19.6 Å². The Morgan fingerprint density at radius 1 is 1.36 bits per heavy atom. The first kappa shape index (κ1) is 12.0. The van der Waals surface area contributed by atoms with Crippen molar-refractivity contribution in [3.8, 4) is 0 Å². The van der Waals surface area contributed by atoms with E-state index in [4.69, 9.17) is 5.73 Å². The summed E-state index contributed by atoms with van der Waals surface area (Å²) in [4.78, 5) is 2.57. The van der Waals surface area contributed by atoms with Crippen molar-refractivity contribution in [1.82, 2.24) is 4.90 Å². The van der Waals surface area contributed by atoms with E-state index in [1.165, 1.54) is 45.2 Å². The Kier molecular flexibility index (Phi) is 5.49. The summed E-state index contributed by atoms with van der Waals surface area (Å²) in [6, 6.07) is 0.579. The molecule has 0 aromatic rings. The second-order valence-corrected chi connectivity index (χ2v) is 4.71. The van der Waals surface area contributed by atoms with Crippen LogP contribution in [-0.4, -0.2) is 30.6 Å². The van der Waals surface area contributed by atoms with Gasteiger partial charge in [-0.25, -0.2) is 0 Å². The standard InChI is InChI=1S/C12H26N2/c1-3-5-12-6-4-8-14(9-7-12)11(2)10-13/h11-12H,3-10,13H2,1-2H3. The lowest BCUT2D eigenvalue weighted by atomic mass is 9.96. The zero-order valence-corrected chi connectivity index (χ0v) is 9.84. The number of nitrogens with zero attached hydrogens (tertiary/aromatic N) is 1. The van der Waals surface area contributed by atoms with E-state index in [1.807, 2.05) is 0 Å². The summed E-state index contributed by atoms with van der Waals surface area (Å²) in [6.45, 7) is 7.88. The van der Waals surface area contributed by atoms with E-state index in [2.05, 4.69) is 18.7 Å². The number of nitrogens with two attached hydrogens (primary N) is 1. The number of rotatable bonds is 4. The predicted octanol–water partition coefficient (Wildman–Crippen LogP) is 2.24. The minimum Gasteiger partial charge on any atom is -0.329 e. The van der Waals surface area contributed by atoms with Crippen molar-refractivity contribution in [2.45, 2.75) is 52.0 Å². The van der Waals surface area contributed by atoms with E-state index in [1.54, 1.807) is 0 Å². The van der Waals surface area contributed by atoms with E-state index < -0.39 is 0 Å². The molecule has 2 N–H and O–H groups in total. The number of likely N-dealkylation sites (tertiary alicyclic amines) is 1. The minimum atomic E-state index is 0.579. The average Bonchev–Trinajstić information content (AvgIpc) is 2.43. The lowest BCUT2D eigenvalue weighted by Gasteiger charge is -2.26. The van der Waals surface area contributed by atoms with Gasteiger partial charge >= 0.3 is 0 Å². The van der Waals surface area contributed by atoms with Crippen molar-refractivity contribution in [3.63, 3.8) is 0 Å². The largest absolute Gasteiger partial charge is 0.329 e. The summed E-state index contributed by atoms with van der Waals surface area (Å²) in [5.74, 6) is 0.981. The average molecular weight is 198 g/mol. The fraction of sp³-hybridized carbons (Fsp3) is 1.00. The summed E-state index contributed by atoms with van der Waals surface area (Å²) in [5, 5.41) is 0. The lowest BCUT2D eigenvalue weighted by Crippen LogP contribution is -2.39. The van der Waals surface area contributed by atoms with Crippen LogP contribution in [0.15, 0.2) is 0 Å². The van der Waals surface area contributed by atoms with Gasteiger partial charge in [0.2, 0.25) is 0 Å². The molecule has 84 valence electrons. The Hall–Kier alpha value is -0.0800. The third-order valence-electron chi connectivity index (χ3n) is 3.54. The summed E-state index contributed by atoms with van der Waals surface area (Å²) in [7, 11) is 0. The van der Waals surface area contributed by atoms with Crippen LogP contribution in [0.25, 0.3) is 0 Å². The maximum absolute atomic E-state index is 5.71. The maximum Gasteiger partial charge on any atom is 0.0190 e. The predicted molar refractivity (Wildman–Crippen MR) is 62.3 cm³/mol. The third kappa shape index (κ3) is 3.58. The van der Waals surface area contributed by atoms with Gasteiger partial charge in [-0.3, -0.25) is 4.90 Å². The van der Waals surface area contributed by atoms with Crippen molar-refractivity contribution in [2.24, 2.45) is 11.7 Å². The monoisotopic (exact) mass is 198 g/mol. The molecule has 1 heterocycles. The van der Waals surface area contributed by atoms with Gasteiger partial charge < -0.3 is 5.73 Å². The summed E-state index contributed by atoms with van der Waals surface area (Å²) in [5.41, 5.74) is 5.71. The van der Waals surface area contributed by atoms with Crippen molar-refractivity contribution < 1.29 is 0 Å². The first-order chi connectivity index (χ1) is 6.77. The van der Waals surface area contributed by atoms with Crippen molar-refractivity contribution in [1.29, 1.82) is 0 Å². The Morgan fingerprint density at radius 3 is 2.79 bits per heavy atom. The van der Waals surface area contributed by atoms with Gasteiger partial charge in [0.25, 0.3) is 0 Å². The Balaban J connectivity index is 2.32. The SMILES string of the molecule is CCCC1CCCN(C(C)CN)CC1. The highest BCUT2D eigenvalue weighted by molar-refractivity contribution is 4.74. The molecule has 1 fully saturated rings. The quantitative estimate of drug-likeness (QED) is 0.750. The van der Waals surface area contributed by atoms with E-state index >= 15 is 0 Å². The number of hydrogen-bond acceptors (Lipinski definition) is 2. The molecule has 0 amide bonds. The molecule has 2 atom stereocenters. The van der Waals surface area contributed by atoms with Crippen molar-refractivity contribution >= 4 is 0 Å². The van der Waals surface area contributed by atoms with E-state index in [0.717, 1.165) is 12.5 Å². The van der Waals surface area contributed by atoms with Gasteiger partial charge in [0, 0.05) is 12.6 Å². The molecule has 0 aliphatic carbocycles. The van der Waals surface area contributed by atoms with E-state index in [0.29, 0.717) is 6.04 Å². The minimum absolute atomic E-state index is 0.579. The van der Waals surface area contributed by atoms with Crippen LogP contribution in [-0.2, 0) is 0 Å². The first-order valence-corrected chi connectivity index (χ1v) is 6.22. The Labute approximate surface area is 88.8 Å². The molecule has 0 saturated carbocycles. The van der Waals surface area contributed by atoms with Crippen LogP contribution in [0, 0.1) is 5.92 Å². The normalized spacial score (nSPS) is 27.2. The van der Waals surface area contributed by atoms with Crippen LogP contribution >= 0.6 is 0 Å². The van der Waals surface area contributed by atoms with Gasteiger partial charge in [0.05, 0.1) is 0 Å². The molecule has 2 unspecified atom stereocenters. The van der Waals surface area contributed by atoms with Crippen LogP contribution in [0.5, 0.6) is 0 Å². The second kappa shape index (κ2) is 6.41. The van der Waals surface area contributed by atoms with Gasteiger partial charge in [0.1, 0.15) is 0 Å². The molecule has 0 radical (unpaired) electrons. The molecular weight excluding hydrogens is 172 g/mol. The van der Waals surface area contributed by atoms with Gasteiger partial charge in [-0.05, 0) is 45.2 Å². The van der Waals surface area contributed by atoms with Crippen LogP contribution in [0.1, 0.15) is 46.0 Å². The molecule has 1 aliphatic rings. The fourth-order valence-electron chi connectivity index (χ4n) is 2.47. The van der Waals surface area contributed by atoms with Crippen LogP contribution in [0.2, 0.25) is 0 Å².